The number of carbonyl (C=O) groups is 2. The Balaban J connectivity index is 2.15. The van der Waals surface area contributed by atoms with Crippen LogP contribution in [0, 0.1) is 19.8 Å². The minimum atomic E-state index is -0.852. The number of aromatic amines is 1. The van der Waals surface area contributed by atoms with Gasteiger partial charge in [-0.3, -0.25) is 14.4 Å². The first-order valence-corrected chi connectivity index (χ1v) is 7.48. The zero-order valence-electron chi connectivity index (χ0n) is 13.7. The molecule has 0 saturated carbocycles. The SMILES string of the molecule is Cc1n[nH]c(=O)c(C(=O)Nc2ccc(C[C@H](C)C(=O)O)cc2)c1C. The van der Waals surface area contributed by atoms with Crippen LogP contribution in [0.1, 0.15) is 34.1 Å². The van der Waals surface area contributed by atoms with Crippen LogP contribution in [0.4, 0.5) is 5.69 Å². The van der Waals surface area contributed by atoms with Crippen molar-refractivity contribution in [3.63, 3.8) is 0 Å². The number of hydrogen-bond acceptors (Lipinski definition) is 4. The highest BCUT2D eigenvalue weighted by molar-refractivity contribution is 6.05. The van der Waals surface area contributed by atoms with Crippen molar-refractivity contribution in [3.05, 3.63) is 57.0 Å². The number of nitrogens with one attached hydrogen (secondary N) is 2. The molecular formula is C17H19N3O4. The molecule has 1 atom stereocenters. The number of H-pyrrole nitrogens is 1. The minimum absolute atomic E-state index is 0.0334. The number of anilines is 1. The highest BCUT2D eigenvalue weighted by atomic mass is 16.4. The van der Waals surface area contributed by atoms with Crippen LogP contribution in [-0.4, -0.2) is 27.2 Å². The van der Waals surface area contributed by atoms with Crippen LogP contribution >= 0.6 is 0 Å². The molecule has 0 fully saturated rings. The molecule has 7 nitrogen and oxygen atoms in total. The van der Waals surface area contributed by atoms with Crippen LogP contribution in [0.15, 0.2) is 29.1 Å². The molecule has 1 aromatic heterocycles. The van der Waals surface area contributed by atoms with Crippen molar-refractivity contribution in [2.24, 2.45) is 5.92 Å². The predicted octanol–water partition coefficient (Wildman–Crippen LogP) is 1.90. The molecule has 1 heterocycles. The smallest absolute Gasteiger partial charge is 0.306 e. The molecule has 7 heteroatoms. The van der Waals surface area contributed by atoms with E-state index < -0.39 is 23.4 Å². The average Bonchev–Trinajstić information content (AvgIpc) is 2.53. The van der Waals surface area contributed by atoms with Crippen LogP contribution in [0.2, 0.25) is 0 Å². The number of rotatable bonds is 5. The highest BCUT2D eigenvalue weighted by Crippen LogP contribution is 2.15. The summed E-state index contributed by atoms with van der Waals surface area (Å²) in [6.07, 6.45) is 0.409. The fraction of sp³-hybridized carbons (Fsp3) is 0.294. The largest absolute Gasteiger partial charge is 0.481 e. The molecule has 0 saturated heterocycles. The van der Waals surface area contributed by atoms with Crippen molar-refractivity contribution < 1.29 is 14.7 Å². The van der Waals surface area contributed by atoms with Gasteiger partial charge in [-0.15, -0.1) is 0 Å². The van der Waals surface area contributed by atoms with Gasteiger partial charge in [-0.25, -0.2) is 5.10 Å². The zero-order chi connectivity index (χ0) is 17.9. The van der Waals surface area contributed by atoms with Gasteiger partial charge in [0.25, 0.3) is 11.5 Å². The van der Waals surface area contributed by atoms with E-state index in [1.54, 1.807) is 45.0 Å². The van der Waals surface area contributed by atoms with Crippen LogP contribution in [-0.2, 0) is 11.2 Å². The van der Waals surface area contributed by atoms with E-state index in [0.717, 1.165) is 5.56 Å². The Kier molecular flexibility index (Phi) is 5.13. The Hall–Kier alpha value is -2.96. The number of carboxylic acids is 1. The number of aryl methyl sites for hydroxylation is 1. The number of aliphatic carboxylic acids is 1. The van der Waals surface area contributed by atoms with E-state index in [0.29, 0.717) is 23.4 Å². The van der Waals surface area contributed by atoms with Crippen molar-refractivity contribution in [3.8, 4) is 0 Å². The van der Waals surface area contributed by atoms with E-state index in [1.807, 2.05) is 0 Å². The van der Waals surface area contributed by atoms with Gasteiger partial charge in [-0.1, -0.05) is 19.1 Å². The Bertz CT molecular complexity index is 825. The molecule has 2 rings (SSSR count). The zero-order valence-corrected chi connectivity index (χ0v) is 13.7. The molecule has 2 aromatic rings. The number of amides is 1. The van der Waals surface area contributed by atoms with Gasteiger partial charge >= 0.3 is 5.97 Å². The Morgan fingerprint density at radius 1 is 1.25 bits per heavy atom. The molecule has 1 aromatic carbocycles. The van der Waals surface area contributed by atoms with Crippen LogP contribution in [0.3, 0.4) is 0 Å². The van der Waals surface area contributed by atoms with Gasteiger partial charge in [-0.05, 0) is 43.5 Å². The predicted molar refractivity (Wildman–Crippen MR) is 89.2 cm³/mol. The van der Waals surface area contributed by atoms with Crippen LogP contribution in [0.5, 0.6) is 0 Å². The van der Waals surface area contributed by atoms with E-state index in [4.69, 9.17) is 5.11 Å². The number of aromatic nitrogens is 2. The lowest BCUT2D eigenvalue weighted by Gasteiger charge is -2.10. The van der Waals surface area contributed by atoms with Gasteiger partial charge in [0, 0.05) is 5.69 Å². The van der Waals surface area contributed by atoms with Crippen LogP contribution in [0.25, 0.3) is 0 Å². The summed E-state index contributed by atoms with van der Waals surface area (Å²) >= 11 is 0. The number of carboxylic acid groups (broad SMARTS) is 1. The molecule has 1 amide bonds. The molecule has 24 heavy (non-hydrogen) atoms. The van der Waals surface area contributed by atoms with Gasteiger partial charge < -0.3 is 10.4 Å². The summed E-state index contributed by atoms with van der Waals surface area (Å²) < 4.78 is 0. The first-order chi connectivity index (χ1) is 11.3. The van der Waals surface area contributed by atoms with Gasteiger partial charge in [0.15, 0.2) is 0 Å². The molecule has 0 unspecified atom stereocenters. The molecule has 126 valence electrons. The third-order valence-corrected chi connectivity index (χ3v) is 3.87. The van der Waals surface area contributed by atoms with Gasteiger partial charge in [0.1, 0.15) is 5.56 Å². The minimum Gasteiger partial charge on any atom is -0.481 e. The summed E-state index contributed by atoms with van der Waals surface area (Å²) in [5, 5.41) is 17.7. The quantitative estimate of drug-likeness (QED) is 0.775. The summed E-state index contributed by atoms with van der Waals surface area (Å²) in [5.74, 6) is -1.84. The summed E-state index contributed by atoms with van der Waals surface area (Å²) in [7, 11) is 0. The lowest BCUT2D eigenvalue weighted by atomic mass is 10.0. The second-order valence-electron chi connectivity index (χ2n) is 5.73. The van der Waals surface area contributed by atoms with E-state index in [-0.39, 0.29) is 5.56 Å². The number of hydrogen-bond donors (Lipinski definition) is 3. The van der Waals surface area contributed by atoms with E-state index >= 15 is 0 Å². The van der Waals surface area contributed by atoms with Gasteiger partial charge in [-0.2, -0.15) is 5.10 Å². The third-order valence-electron chi connectivity index (χ3n) is 3.87. The van der Waals surface area contributed by atoms with Crippen molar-refractivity contribution in [1.29, 1.82) is 0 Å². The van der Waals surface area contributed by atoms with E-state index in [9.17, 15) is 14.4 Å². The average molecular weight is 329 g/mol. The molecule has 0 spiro atoms. The molecule has 0 radical (unpaired) electrons. The maximum absolute atomic E-state index is 12.3. The van der Waals surface area contributed by atoms with Crippen molar-refractivity contribution >= 4 is 17.6 Å². The monoisotopic (exact) mass is 329 g/mol. The third kappa shape index (κ3) is 3.87. The second kappa shape index (κ2) is 7.08. The first-order valence-electron chi connectivity index (χ1n) is 7.48. The summed E-state index contributed by atoms with van der Waals surface area (Å²) in [4.78, 5) is 35.0. The highest BCUT2D eigenvalue weighted by Gasteiger charge is 2.16. The maximum Gasteiger partial charge on any atom is 0.306 e. The first kappa shape index (κ1) is 17.4. The number of nitrogens with zero attached hydrogens (tertiary/aromatic N) is 1. The molecule has 0 bridgehead atoms. The fourth-order valence-corrected chi connectivity index (χ4v) is 2.26. The molecular weight excluding hydrogens is 310 g/mol. The lowest BCUT2D eigenvalue weighted by molar-refractivity contribution is -0.141. The molecule has 3 N–H and O–H groups in total. The van der Waals surface area contributed by atoms with Crippen molar-refractivity contribution in [2.75, 3.05) is 5.32 Å². The standard InChI is InChI=1S/C17H19N3O4/c1-9(17(23)24)8-12-4-6-13(7-5-12)18-15(21)14-10(2)11(3)19-20-16(14)22/h4-7,9H,8H2,1-3H3,(H,18,21)(H,20,22)(H,23,24)/t9-/m0/s1. The fourth-order valence-electron chi connectivity index (χ4n) is 2.26. The van der Waals surface area contributed by atoms with Gasteiger partial charge in [0.05, 0.1) is 11.6 Å². The molecule has 0 aliphatic rings. The summed E-state index contributed by atoms with van der Waals surface area (Å²) in [6.45, 7) is 5.02. The summed E-state index contributed by atoms with van der Waals surface area (Å²) in [6, 6.07) is 6.87. The topological polar surface area (TPSA) is 112 Å². The lowest BCUT2D eigenvalue weighted by Crippen LogP contribution is -2.26. The Morgan fingerprint density at radius 3 is 2.46 bits per heavy atom. The number of carbonyl (C=O) groups excluding carboxylic acids is 1. The second-order valence-corrected chi connectivity index (χ2v) is 5.73. The summed E-state index contributed by atoms with van der Waals surface area (Å²) in [5.41, 5.74) is 1.99. The number of benzene rings is 1. The van der Waals surface area contributed by atoms with Crippen molar-refractivity contribution in [1.82, 2.24) is 10.2 Å². The maximum atomic E-state index is 12.3. The van der Waals surface area contributed by atoms with E-state index in [2.05, 4.69) is 15.5 Å². The molecule has 0 aliphatic carbocycles. The van der Waals surface area contributed by atoms with Crippen molar-refractivity contribution in [2.45, 2.75) is 27.2 Å². The van der Waals surface area contributed by atoms with Gasteiger partial charge in [0.2, 0.25) is 0 Å². The molecule has 0 aliphatic heterocycles. The normalized spacial score (nSPS) is 11.8. The van der Waals surface area contributed by atoms with E-state index in [1.165, 1.54) is 0 Å². The van der Waals surface area contributed by atoms with Crippen LogP contribution < -0.4 is 10.9 Å². The Morgan fingerprint density at radius 2 is 1.88 bits per heavy atom. The Labute approximate surface area is 138 Å².